The zero-order chi connectivity index (χ0) is 13.5. The van der Waals surface area contributed by atoms with Gasteiger partial charge in [0.05, 0.1) is 0 Å². The molecule has 0 aliphatic rings. The Kier molecular flexibility index (Phi) is 21.6. The van der Waals surface area contributed by atoms with E-state index < -0.39 is 31.2 Å². The van der Waals surface area contributed by atoms with Crippen LogP contribution in [0.1, 0.15) is 0 Å². The van der Waals surface area contributed by atoms with Gasteiger partial charge in [-0.1, -0.05) is 0 Å². The molecule has 17 heteroatoms. The second-order valence-electron chi connectivity index (χ2n) is 1.24. The largest absolute Gasteiger partial charge is 3.00 e. The van der Waals surface area contributed by atoms with Crippen molar-refractivity contribution in [3.05, 3.63) is 0 Å². The quantitative estimate of drug-likeness (QED) is 0.249. The van der Waals surface area contributed by atoms with Gasteiger partial charge in [0.15, 0.2) is 0 Å². The van der Waals surface area contributed by atoms with E-state index in [2.05, 4.69) is 0 Å². The molecule has 0 saturated carbocycles. The van der Waals surface area contributed by atoms with E-state index in [1.807, 2.05) is 0 Å². The van der Waals surface area contributed by atoms with Gasteiger partial charge < -0.3 is 22.8 Å². The molecule has 0 atom stereocenters. The smallest absolute Gasteiger partial charge is 0.759 e. The van der Waals surface area contributed by atoms with Crippen LogP contribution >= 0.6 is 0 Å². The maximum atomic E-state index is 8.63. The summed E-state index contributed by atoms with van der Waals surface area (Å²) in [6, 6.07) is 0. The van der Waals surface area contributed by atoms with Crippen LogP contribution in [0.4, 0.5) is 0 Å². The van der Waals surface area contributed by atoms with Gasteiger partial charge in [0.2, 0.25) is 10.4 Å². The normalized spacial score (nSPS) is 10.2. The summed E-state index contributed by atoms with van der Waals surface area (Å²) in [5.41, 5.74) is 0. The van der Waals surface area contributed by atoms with Gasteiger partial charge >= 0.3 is 40.4 Å². The van der Waals surface area contributed by atoms with Gasteiger partial charge in [-0.15, -0.1) is 0 Å². The van der Waals surface area contributed by atoms with E-state index >= 15 is 0 Å². The molecule has 12 nitrogen and oxygen atoms in total. The molecule has 0 unspecified atom stereocenters. The van der Waals surface area contributed by atoms with Crippen LogP contribution in [0.15, 0.2) is 0 Å². The predicted molar refractivity (Wildman–Crippen MR) is 44.8 cm³/mol. The molecule has 0 heterocycles. The van der Waals surface area contributed by atoms with Crippen molar-refractivity contribution in [3.63, 3.8) is 0 Å². The van der Waals surface area contributed by atoms with Crippen LogP contribution in [0.25, 0.3) is 0 Å². The zero-order valence-electron chi connectivity index (χ0n) is 7.45. The van der Waals surface area contributed by atoms with Crippen LogP contribution in [0, 0.1) is 0 Å². The summed E-state index contributed by atoms with van der Waals surface area (Å²) in [5, 5.41) is 0. The third-order valence-electron chi connectivity index (χ3n) is 0. The SMILES string of the molecule is O=S(=O)([O-])O.O=S(=O)([O-])[O-].O=S(=O)([O-])[O-].[Al+3].[Mg+2]. The molecule has 0 amide bonds. The molecule has 0 aliphatic heterocycles. The van der Waals surface area contributed by atoms with Gasteiger partial charge in [-0.3, -0.25) is 21.4 Å². The Labute approximate surface area is 123 Å². The van der Waals surface area contributed by atoms with E-state index in [1.54, 1.807) is 0 Å². The summed E-state index contributed by atoms with van der Waals surface area (Å²) >= 11 is 0. The van der Waals surface area contributed by atoms with Gasteiger partial charge in [0.25, 0.3) is 0 Å². The predicted octanol–water partition coefficient (Wildman–Crippen LogP) is -4.43. The summed E-state index contributed by atoms with van der Waals surface area (Å²) in [7, 11) is -15.2. The van der Waals surface area contributed by atoms with Gasteiger partial charge in [-0.05, 0) is 0 Å². The number of hydrogen-bond donors (Lipinski definition) is 1. The molecule has 0 fully saturated rings. The molecular formula is HAlMgO12S3. The zero-order valence-corrected chi connectivity index (χ0v) is 12.5. The maximum Gasteiger partial charge on any atom is 3.00 e. The van der Waals surface area contributed by atoms with Crippen molar-refractivity contribution in [1.82, 2.24) is 0 Å². The van der Waals surface area contributed by atoms with Gasteiger partial charge in [0.1, 0.15) is 0 Å². The summed E-state index contributed by atoms with van der Waals surface area (Å²) in [6.07, 6.45) is 0. The third-order valence-corrected chi connectivity index (χ3v) is 0. The fourth-order valence-corrected chi connectivity index (χ4v) is 0. The van der Waals surface area contributed by atoms with Crippen LogP contribution in [-0.2, 0) is 31.2 Å². The Bertz CT molecular complexity index is 343. The first-order valence-corrected chi connectivity index (χ1v) is 6.05. The van der Waals surface area contributed by atoms with E-state index in [0.717, 1.165) is 0 Å². The molecular weight excluding hydrogens is 339 g/mol. The average Bonchev–Trinajstić information content (AvgIpc) is 1.41. The monoisotopic (exact) mass is 340 g/mol. The third kappa shape index (κ3) is 4550. The molecule has 1 N–H and O–H groups in total. The van der Waals surface area contributed by atoms with Crippen LogP contribution in [0.3, 0.4) is 0 Å². The first-order chi connectivity index (χ1) is 6.00. The van der Waals surface area contributed by atoms with Gasteiger partial charge in [0, 0.05) is 20.8 Å². The summed E-state index contributed by atoms with van der Waals surface area (Å²) in [6.45, 7) is 0. The minimum atomic E-state index is -5.17. The van der Waals surface area contributed by atoms with Crippen LogP contribution in [0.2, 0.25) is 0 Å². The first kappa shape index (κ1) is 30.7. The van der Waals surface area contributed by atoms with E-state index in [1.165, 1.54) is 0 Å². The maximum absolute atomic E-state index is 8.63. The van der Waals surface area contributed by atoms with Crippen molar-refractivity contribution in [2.24, 2.45) is 0 Å². The van der Waals surface area contributed by atoms with Crippen molar-refractivity contribution in [1.29, 1.82) is 0 Å². The second-order valence-corrected chi connectivity index (χ2v) is 3.73. The van der Waals surface area contributed by atoms with Crippen LogP contribution in [-0.4, -0.2) is 93.0 Å². The second kappa shape index (κ2) is 12.0. The van der Waals surface area contributed by atoms with Crippen molar-refractivity contribution in [2.75, 3.05) is 0 Å². The van der Waals surface area contributed by atoms with Crippen LogP contribution < -0.4 is 0 Å². The summed E-state index contributed by atoms with van der Waals surface area (Å²) < 4.78 is 101. The molecule has 96 valence electrons. The molecule has 17 heavy (non-hydrogen) atoms. The Morgan fingerprint density at radius 2 is 0.647 bits per heavy atom. The Hall–Kier alpha value is 0.909. The van der Waals surface area contributed by atoms with Gasteiger partial charge in [-0.25, -0.2) is 8.42 Å². The van der Waals surface area contributed by atoms with Crippen molar-refractivity contribution in [3.8, 4) is 0 Å². The molecule has 0 aliphatic carbocycles. The minimum Gasteiger partial charge on any atom is -0.759 e. The molecule has 0 aromatic rings. The molecule has 0 bridgehead atoms. The Morgan fingerprint density at radius 3 is 0.647 bits per heavy atom. The summed E-state index contributed by atoms with van der Waals surface area (Å²) in [4.78, 5) is 0. The van der Waals surface area contributed by atoms with E-state index in [4.69, 9.17) is 52.6 Å². The van der Waals surface area contributed by atoms with E-state index in [9.17, 15) is 0 Å². The molecule has 0 rings (SSSR count). The van der Waals surface area contributed by atoms with E-state index in [-0.39, 0.29) is 40.4 Å². The molecule has 0 aromatic heterocycles. The molecule has 0 spiro atoms. The van der Waals surface area contributed by atoms with Gasteiger partial charge in [-0.2, -0.15) is 0 Å². The standard InChI is InChI=1S/Al.Mg.3H2O4S/c;;3*1-5(2,3)4/h;;3*(H2,1,2,3,4)/q+3;+2;;;/p-5. The van der Waals surface area contributed by atoms with Crippen LogP contribution in [0.5, 0.6) is 0 Å². The minimum absolute atomic E-state index is 0. The van der Waals surface area contributed by atoms with Crippen molar-refractivity contribution < 1.29 is 52.6 Å². The van der Waals surface area contributed by atoms with E-state index in [0.29, 0.717) is 0 Å². The topological polar surface area (TPSA) is 238 Å². The Balaban J connectivity index is -0.0000000400. The van der Waals surface area contributed by atoms with Crippen molar-refractivity contribution >= 4 is 71.6 Å². The molecule has 0 saturated heterocycles. The fraction of sp³-hybridized carbons (Fsp3) is 0. The first-order valence-electron chi connectivity index (χ1n) is 2.02. The molecule has 0 radical (unpaired) electrons. The summed E-state index contributed by atoms with van der Waals surface area (Å²) in [5.74, 6) is 0. The number of hydrogen-bond acceptors (Lipinski definition) is 11. The molecule has 0 aromatic carbocycles. The van der Waals surface area contributed by atoms with Crippen molar-refractivity contribution in [2.45, 2.75) is 0 Å². The number of rotatable bonds is 0. The average molecular weight is 340 g/mol. The Morgan fingerprint density at radius 1 is 0.647 bits per heavy atom. The fourth-order valence-electron chi connectivity index (χ4n) is 0.